The number of aliphatic hydroxyl groups is 6. The summed E-state index contributed by atoms with van der Waals surface area (Å²) in [5.74, 6) is 0. The van der Waals surface area contributed by atoms with Crippen LogP contribution in [0.15, 0.2) is 0 Å². The van der Waals surface area contributed by atoms with Gasteiger partial charge in [-0.05, 0) is 0 Å². The minimum Gasteiger partial charge on any atom is -0.394 e. The van der Waals surface area contributed by atoms with E-state index in [1.54, 1.807) is 0 Å². The predicted octanol–water partition coefficient (Wildman–Crippen LogP) is -3.59. The molecule has 0 aromatic heterocycles. The molecule has 0 rings (SSSR count). The molecule has 0 saturated heterocycles. The first-order valence-electron chi connectivity index (χ1n) is 3.86. The summed E-state index contributed by atoms with van der Waals surface area (Å²) < 4.78 is 6.25. The van der Waals surface area contributed by atoms with E-state index in [1.807, 2.05) is 0 Å². The van der Waals surface area contributed by atoms with Gasteiger partial charge >= 0.3 is 0 Å². The fourth-order valence-electron chi connectivity index (χ4n) is 0.662. The van der Waals surface area contributed by atoms with Crippen molar-refractivity contribution in [1.82, 2.24) is 0 Å². The third-order valence-corrected chi connectivity index (χ3v) is 1.50. The van der Waals surface area contributed by atoms with Crippen molar-refractivity contribution in [2.45, 2.75) is 24.4 Å². The van der Waals surface area contributed by atoms with Gasteiger partial charge in [0.15, 0.2) is 0 Å². The van der Waals surface area contributed by atoms with Crippen molar-refractivity contribution in [2.24, 2.45) is 0 Å². The van der Waals surface area contributed by atoms with Gasteiger partial charge in [-0.25, -0.2) is 0 Å². The Balaban J connectivity index is 3.99. The molecule has 0 heterocycles. The van der Waals surface area contributed by atoms with Crippen molar-refractivity contribution >= 4 is 0 Å². The van der Waals surface area contributed by atoms with Gasteiger partial charge < -0.3 is 30.6 Å². The van der Waals surface area contributed by atoms with Crippen LogP contribution < -0.4 is 0 Å². The summed E-state index contributed by atoms with van der Waals surface area (Å²) in [4.78, 5) is 0. The van der Waals surface area contributed by atoms with Gasteiger partial charge in [0, 0.05) is 0 Å². The molecule has 0 fully saturated rings. The maximum Gasteiger partial charge on any atom is 0.210 e. The van der Waals surface area contributed by atoms with Crippen molar-refractivity contribution in [3.8, 4) is 0 Å². The summed E-state index contributed by atoms with van der Waals surface area (Å²) in [7, 11) is 0. The fourth-order valence-corrected chi connectivity index (χ4v) is 0.662. The molecule has 0 bridgehead atoms. The number of aliphatic hydroxyl groups excluding tert-OH is 6. The molecular weight excluding hydrogens is 168 g/mol. The molecule has 0 spiro atoms. The molecule has 0 aliphatic heterocycles. The Morgan fingerprint density at radius 3 is 1.67 bits per heavy atom. The number of hydrogen-bond acceptors (Lipinski definition) is 6. The van der Waals surface area contributed by atoms with E-state index < -0.39 is 37.6 Å². The van der Waals surface area contributed by atoms with Crippen LogP contribution in [-0.2, 0) is 0 Å². The van der Waals surface area contributed by atoms with Crippen LogP contribution in [0.25, 0.3) is 0 Å². The lowest BCUT2D eigenvalue weighted by atomic mass is 10.0. The number of rotatable bonds is 6. The Morgan fingerprint density at radius 1 is 0.917 bits per heavy atom. The summed E-state index contributed by atoms with van der Waals surface area (Å²) in [6.07, 6.45) is -6.34. The molecule has 74 valence electrons. The van der Waals surface area contributed by atoms with Crippen molar-refractivity contribution in [2.75, 3.05) is 13.2 Å². The van der Waals surface area contributed by atoms with Gasteiger partial charge in [0.25, 0.3) is 0 Å². The summed E-state index contributed by atoms with van der Waals surface area (Å²) in [5.41, 5.74) is 0. The Bertz CT molecular complexity index is 134. The standard InChI is InChI=1S/C6H14O6/c7-1-3(9)5(11)6(12)4(10)2-8/h3-12H,1-2H2/t3-,4+,5+,6-/i7D/m0/s1. The average Bonchev–Trinajstić information content (AvgIpc) is 2.14. The van der Waals surface area contributed by atoms with Crippen LogP contribution in [0.4, 0.5) is 0 Å². The van der Waals surface area contributed by atoms with Crippen molar-refractivity contribution in [3.05, 3.63) is 0 Å². The van der Waals surface area contributed by atoms with E-state index in [9.17, 15) is 0 Å². The van der Waals surface area contributed by atoms with E-state index in [0.29, 0.717) is 0 Å². The minimum absolute atomic E-state index is 0.490. The van der Waals surface area contributed by atoms with E-state index in [0.717, 1.165) is 0 Å². The lowest BCUT2D eigenvalue weighted by Gasteiger charge is -2.24. The molecule has 6 N–H and O–H groups in total. The van der Waals surface area contributed by atoms with Gasteiger partial charge in [0.05, 0.1) is 13.2 Å². The van der Waals surface area contributed by atoms with Crippen molar-refractivity contribution < 1.29 is 30.6 Å². The molecule has 12 heavy (non-hydrogen) atoms. The van der Waals surface area contributed by atoms with Crippen LogP contribution in [0, 0.1) is 0 Å². The lowest BCUT2D eigenvalue weighted by Crippen LogP contribution is -2.46. The molecule has 0 unspecified atom stereocenters. The van der Waals surface area contributed by atoms with Crippen LogP contribution in [0.2, 0.25) is 0 Å². The second-order valence-electron chi connectivity index (χ2n) is 2.47. The zero-order valence-electron chi connectivity index (χ0n) is 7.37. The van der Waals surface area contributed by atoms with Gasteiger partial charge in [-0.15, -0.1) is 0 Å². The predicted molar refractivity (Wildman–Crippen MR) is 38.2 cm³/mol. The molecule has 0 aromatic rings. The van der Waals surface area contributed by atoms with Crippen LogP contribution in [0.5, 0.6) is 0 Å². The number of hydrogen-bond donors (Lipinski definition) is 6. The zero-order chi connectivity index (χ0) is 10.4. The molecule has 6 heteroatoms. The fraction of sp³-hybridized carbons (Fsp3) is 1.00. The molecule has 0 radical (unpaired) electrons. The molecule has 0 aromatic carbocycles. The average molecular weight is 183 g/mol. The zero-order valence-corrected chi connectivity index (χ0v) is 6.37. The van der Waals surface area contributed by atoms with Gasteiger partial charge in [-0.1, -0.05) is 0 Å². The summed E-state index contributed by atoms with van der Waals surface area (Å²) in [6.45, 7) is -1.22. The van der Waals surface area contributed by atoms with E-state index in [2.05, 4.69) is 5.11 Å². The largest absolute Gasteiger partial charge is 0.394 e. The maximum absolute atomic E-state index is 9.08. The Hall–Kier alpha value is -0.240. The summed E-state index contributed by atoms with van der Waals surface area (Å²) in [6, 6.07) is 0. The maximum atomic E-state index is 9.08. The topological polar surface area (TPSA) is 121 Å². The van der Waals surface area contributed by atoms with Crippen LogP contribution in [0.3, 0.4) is 0 Å². The Kier molecular flexibility index (Phi) is 4.44. The Labute approximate surface area is 70.8 Å². The summed E-state index contributed by atoms with van der Waals surface area (Å²) in [5, 5.41) is 48.1. The highest BCUT2D eigenvalue weighted by Gasteiger charge is 2.29. The first-order valence-corrected chi connectivity index (χ1v) is 3.45. The lowest BCUT2D eigenvalue weighted by molar-refractivity contribution is -0.123. The third-order valence-electron chi connectivity index (χ3n) is 1.50. The first-order chi connectivity index (χ1) is 6.04. The van der Waals surface area contributed by atoms with Gasteiger partial charge in [-0.3, -0.25) is 0 Å². The molecule has 0 aliphatic carbocycles. The van der Waals surface area contributed by atoms with Gasteiger partial charge in [0.2, 0.25) is 1.43 Å². The van der Waals surface area contributed by atoms with Crippen LogP contribution in [-0.4, -0.2) is 69.7 Å². The van der Waals surface area contributed by atoms with Crippen molar-refractivity contribution in [3.63, 3.8) is 0 Å². The van der Waals surface area contributed by atoms with Gasteiger partial charge in [-0.2, -0.15) is 0 Å². The molecule has 4 atom stereocenters. The van der Waals surface area contributed by atoms with E-state index in [1.165, 1.54) is 0 Å². The van der Waals surface area contributed by atoms with E-state index in [-0.39, 0.29) is 0 Å². The highest BCUT2D eigenvalue weighted by Crippen LogP contribution is 2.03. The highest BCUT2D eigenvalue weighted by molar-refractivity contribution is 4.79. The second-order valence-corrected chi connectivity index (χ2v) is 2.47. The molecular formula is C6H14O6. The van der Waals surface area contributed by atoms with Crippen LogP contribution in [0.1, 0.15) is 0 Å². The highest BCUT2D eigenvalue weighted by atomic mass is 16.4. The van der Waals surface area contributed by atoms with E-state index >= 15 is 0 Å². The Morgan fingerprint density at radius 2 is 1.33 bits per heavy atom. The molecule has 0 amide bonds. The minimum atomic E-state index is -1.67. The van der Waals surface area contributed by atoms with Crippen LogP contribution >= 0.6 is 0 Å². The third kappa shape index (κ3) is 3.02. The molecule has 0 aliphatic rings. The summed E-state index contributed by atoms with van der Waals surface area (Å²) >= 11 is 0. The molecule has 6 nitrogen and oxygen atoms in total. The monoisotopic (exact) mass is 183 g/mol. The SMILES string of the molecule is [2H]OC[C@H](O)[C@@H](O)[C@@H](O)[C@H](O)CO. The smallest absolute Gasteiger partial charge is 0.210 e. The van der Waals surface area contributed by atoms with Gasteiger partial charge in [0.1, 0.15) is 24.4 Å². The van der Waals surface area contributed by atoms with E-state index in [4.69, 9.17) is 27.0 Å². The quantitative estimate of drug-likeness (QED) is 0.253. The normalized spacial score (nSPS) is 22.6. The second kappa shape index (κ2) is 5.41. The molecule has 0 saturated carbocycles. The first kappa shape index (κ1) is 9.85. The van der Waals surface area contributed by atoms with Crippen molar-refractivity contribution in [1.29, 1.82) is 1.43 Å².